The summed E-state index contributed by atoms with van der Waals surface area (Å²) in [6.07, 6.45) is 0.750. The Labute approximate surface area is 139 Å². The van der Waals surface area contributed by atoms with E-state index in [1.54, 1.807) is 26.8 Å². The number of rotatable bonds is 3. The summed E-state index contributed by atoms with van der Waals surface area (Å²) in [6.45, 7) is 5.28. The molecule has 1 aromatic carbocycles. The SMILES string of the molecule is COc1cc(/C=N\NC(=O)OC(C)(C)C)c(Br)c(Br)c1O. The number of nitrogens with zero attached hydrogens (tertiary/aromatic N) is 1. The molecule has 0 aliphatic heterocycles. The minimum atomic E-state index is -0.653. The number of hydrazone groups is 1. The van der Waals surface area contributed by atoms with Crippen LogP contribution in [0, 0.1) is 0 Å². The number of methoxy groups -OCH3 is 1. The molecular formula is C13H16Br2N2O4. The Hall–Kier alpha value is -1.28. The number of amides is 1. The van der Waals surface area contributed by atoms with Crippen molar-refractivity contribution in [2.45, 2.75) is 26.4 Å². The van der Waals surface area contributed by atoms with Gasteiger partial charge in [-0.3, -0.25) is 0 Å². The molecule has 8 heteroatoms. The van der Waals surface area contributed by atoms with Crippen LogP contribution in [0.1, 0.15) is 26.3 Å². The van der Waals surface area contributed by atoms with Gasteiger partial charge in [0.05, 0.1) is 17.8 Å². The third-order valence-electron chi connectivity index (χ3n) is 2.15. The maximum absolute atomic E-state index is 11.4. The molecule has 0 aliphatic carbocycles. The summed E-state index contributed by atoms with van der Waals surface area (Å²) in [5.41, 5.74) is 2.27. The van der Waals surface area contributed by atoms with E-state index in [9.17, 15) is 9.90 Å². The van der Waals surface area contributed by atoms with Gasteiger partial charge in [-0.05, 0) is 58.7 Å². The highest BCUT2D eigenvalue weighted by molar-refractivity contribution is 9.13. The second-order valence-electron chi connectivity index (χ2n) is 5.02. The first-order valence-electron chi connectivity index (χ1n) is 5.92. The van der Waals surface area contributed by atoms with Crippen LogP contribution in [-0.2, 0) is 4.74 Å². The zero-order valence-electron chi connectivity index (χ0n) is 12.0. The maximum atomic E-state index is 11.4. The molecule has 2 N–H and O–H groups in total. The van der Waals surface area contributed by atoms with Gasteiger partial charge in [-0.2, -0.15) is 5.10 Å². The molecule has 1 aromatic rings. The van der Waals surface area contributed by atoms with E-state index in [1.807, 2.05) is 0 Å². The summed E-state index contributed by atoms with van der Waals surface area (Å²) in [5, 5.41) is 13.6. The molecule has 0 bridgehead atoms. The first-order chi connectivity index (χ1) is 9.65. The first-order valence-corrected chi connectivity index (χ1v) is 7.51. The maximum Gasteiger partial charge on any atom is 0.428 e. The number of phenolic OH excluding ortho intramolecular Hbond substituents is 1. The van der Waals surface area contributed by atoms with Crippen LogP contribution >= 0.6 is 31.9 Å². The van der Waals surface area contributed by atoms with Crippen molar-refractivity contribution in [3.05, 3.63) is 20.6 Å². The molecule has 1 rings (SSSR count). The largest absolute Gasteiger partial charge is 0.503 e. The van der Waals surface area contributed by atoms with Crippen molar-refractivity contribution in [2.24, 2.45) is 5.10 Å². The minimum absolute atomic E-state index is 0.0263. The van der Waals surface area contributed by atoms with E-state index in [1.165, 1.54) is 13.3 Å². The monoisotopic (exact) mass is 422 g/mol. The van der Waals surface area contributed by atoms with Crippen molar-refractivity contribution in [3.8, 4) is 11.5 Å². The zero-order valence-corrected chi connectivity index (χ0v) is 15.2. The topological polar surface area (TPSA) is 80.2 Å². The van der Waals surface area contributed by atoms with Crippen molar-refractivity contribution in [1.82, 2.24) is 5.43 Å². The molecule has 0 saturated heterocycles. The molecule has 1 amide bonds. The number of halogens is 2. The Kier molecular flexibility index (Phi) is 6.03. The number of hydrogen-bond acceptors (Lipinski definition) is 5. The van der Waals surface area contributed by atoms with Crippen LogP contribution in [0.2, 0.25) is 0 Å². The highest BCUT2D eigenvalue weighted by atomic mass is 79.9. The smallest absolute Gasteiger partial charge is 0.428 e. The van der Waals surface area contributed by atoms with Crippen molar-refractivity contribution >= 4 is 44.2 Å². The normalized spacial score (nSPS) is 11.5. The number of nitrogens with one attached hydrogen (secondary N) is 1. The van der Waals surface area contributed by atoms with Crippen molar-refractivity contribution in [3.63, 3.8) is 0 Å². The molecule has 0 unspecified atom stereocenters. The van der Waals surface area contributed by atoms with Crippen LogP contribution in [0.15, 0.2) is 20.1 Å². The van der Waals surface area contributed by atoms with Crippen LogP contribution < -0.4 is 10.2 Å². The Morgan fingerprint density at radius 1 is 1.38 bits per heavy atom. The lowest BCUT2D eigenvalue weighted by molar-refractivity contribution is 0.0529. The minimum Gasteiger partial charge on any atom is -0.503 e. The molecular weight excluding hydrogens is 408 g/mol. The van der Waals surface area contributed by atoms with Crippen LogP contribution in [0.25, 0.3) is 0 Å². The fourth-order valence-corrected chi connectivity index (χ4v) is 2.15. The average molecular weight is 424 g/mol. The second-order valence-corrected chi connectivity index (χ2v) is 6.60. The van der Waals surface area contributed by atoms with Crippen molar-refractivity contribution < 1.29 is 19.4 Å². The van der Waals surface area contributed by atoms with Gasteiger partial charge in [0, 0.05) is 10.0 Å². The molecule has 0 spiro atoms. The molecule has 21 heavy (non-hydrogen) atoms. The predicted octanol–water partition coefficient (Wildman–Crippen LogP) is 3.78. The summed E-state index contributed by atoms with van der Waals surface area (Å²) in [7, 11) is 1.44. The van der Waals surface area contributed by atoms with E-state index < -0.39 is 11.7 Å². The Balaban J connectivity index is 2.86. The number of phenols is 1. The van der Waals surface area contributed by atoms with Crippen molar-refractivity contribution in [2.75, 3.05) is 7.11 Å². The van der Waals surface area contributed by atoms with Gasteiger partial charge in [0.15, 0.2) is 11.5 Å². The number of carbonyl (C=O) groups is 1. The molecule has 116 valence electrons. The number of hydrogen-bond donors (Lipinski definition) is 2. The highest BCUT2D eigenvalue weighted by Crippen LogP contribution is 2.41. The molecule has 0 saturated carbocycles. The van der Waals surface area contributed by atoms with Crippen LogP contribution in [0.3, 0.4) is 0 Å². The number of benzene rings is 1. The predicted molar refractivity (Wildman–Crippen MR) is 87.0 cm³/mol. The fraction of sp³-hybridized carbons (Fsp3) is 0.385. The molecule has 6 nitrogen and oxygen atoms in total. The van der Waals surface area contributed by atoms with Crippen LogP contribution in [0.4, 0.5) is 4.79 Å². The average Bonchev–Trinajstić information content (AvgIpc) is 2.36. The quantitative estimate of drug-likeness (QED) is 0.572. The molecule has 0 heterocycles. The third kappa shape index (κ3) is 5.20. The van der Waals surface area contributed by atoms with E-state index in [0.29, 0.717) is 14.5 Å². The van der Waals surface area contributed by atoms with E-state index in [4.69, 9.17) is 9.47 Å². The highest BCUT2D eigenvalue weighted by Gasteiger charge is 2.16. The van der Waals surface area contributed by atoms with Gasteiger partial charge in [0.25, 0.3) is 0 Å². The van der Waals surface area contributed by atoms with Crippen LogP contribution in [0.5, 0.6) is 11.5 Å². The third-order valence-corrected chi connectivity index (χ3v) is 4.31. The van der Waals surface area contributed by atoms with Crippen LogP contribution in [-0.4, -0.2) is 30.1 Å². The van der Waals surface area contributed by atoms with Gasteiger partial charge in [-0.1, -0.05) is 0 Å². The molecule has 0 fully saturated rings. The molecule has 0 aliphatic rings. The number of ether oxygens (including phenoxy) is 2. The summed E-state index contributed by atoms with van der Waals surface area (Å²) in [6, 6.07) is 1.57. The summed E-state index contributed by atoms with van der Waals surface area (Å²) < 4.78 is 11.1. The van der Waals surface area contributed by atoms with Gasteiger partial charge < -0.3 is 14.6 Å². The molecule has 0 atom stereocenters. The lowest BCUT2D eigenvalue weighted by Crippen LogP contribution is -2.29. The standard InChI is InChI=1S/C13H16Br2N2O4/c1-13(2,3)21-12(19)17-16-6-7-5-8(20-4)11(18)10(15)9(7)14/h5-6,18H,1-4H3,(H,17,19)/b16-6-. The lowest BCUT2D eigenvalue weighted by Gasteiger charge is -2.18. The second kappa shape index (κ2) is 7.13. The summed E-state index contributed by atoms with van der Waals surface area (Å²) in [5.74, 6) is 0.255. The Bertz CT molecular complexity index is 568. The Morgan fingerprint density at radius 3 is 2.52 bits per heavy atom. The van der Waals surface area contributed by atoms with E-state index in [2.05, 4.69) is 42.4 Å². The van der Waals surface area contributed by atoms with E-state index in [0.717, 1.165) is 0 Å². The van der Waals surface area contributed by atoms with Gasteiger partial charge in [-0.25, -0.2) is 10.2 Å². The van der Waals surface area contributed by atoms with Gasteiger partial charge in [0.2, 0.25) is 0 Å². The molecule has 0 radical (unpaired) electrons. The van der Waals surface area contributed by atoms with Crippen molar-refractivity contribution in [1.29, 1.82) is 0 Å². The first kappa shape index (κ1) is 17.8. The summed E-state index contributed by atoms with van der Waals surface area (Å²) >= 11 is 6.54. The van der Waals surface area contributed by atoms with E-state index >= 15 is 0 Å². The fourth-order valence-electron chi connectivity index (χ4n) is 1.32. The van der Waals surface area contributed by atoms with E-state index in [-0.39, 0.29) is 11.5 Å². The Morgan fingerprint density at radius 2 is 2.00 bits per heavy atom. The number of carbonyl (C=O) groups excluding carboxylic acids is 1. The summed E-state index contributed by atoms with van der Waals surface area (Å²) in [4.78, 5) is 11.4. The number of aromatic hydroxyl groups is 1. The zero-order chi connectivity index (χ0) is 16.2. The lowest BCUT2D eigenvalue weighted by atomic mass is 10.2. The van der Waals surface area contributed by atoms with Gasteiger partial charge in [-0.15, -0.1) is 0 Å². The van der Waals surface area contributed by atoms with Gasteiger partial charge in [0.1, 0.15) is 5.60 Å². The van der Waals surface area contributed by atoms with Gasteiger partial charge >= 0.3 is 6.09 Å². The molecule has 0 aromatic heterocycles.